The first-order chi connectivity index (χ1) is 8.81. The fraction of sp³-hybridized carbons (Fsp3) is 1.00. The predicted molar refractivity (Wildman–Crippen MR) is 78.7 cm³/mol. The molecule has 0 radical (unpaired) electrons. The van der Waals surface area contributed by atoms with E-state index in [1.54, 1.807) is 0 Å². The standard InChI is InChI=1S/C16H34O2/c1-3-4-5-6-7-8-9-10-11-12-13-16(2)14-18-15-17/h16-17H,3-15H2,1-2H3. The van der Waals surface area contributed by atoms with Crippen molar-refractivity contribution in [2.75, 3.05) is 13.4 Å². The van der Waals surface area contributed by atoms with Crippen molar-refractivity contribution in [2.45, 2.75) is 84.5 Å². The minimum Gasteiger partial charge on any atom is -0.371 e. The molecule has 0 fully saturated rings. The molecule has 2 heteroatoms. The summed E-state index contributed by atoms with van der Waals surface area (Å²) in [6.07, 6.45) is 15.2. The average Bonchev–Trinajstić information content (AvgIpc) is 2.38. The van der Waals surface area contributed by atoms with Gasteiger partial charge >= 0.3 is 0 Å². The second-order valence-corrected chi connectivity index (χ2v) is 5.58. The molecule has 0 aromatic rings. The number of unbranched alkanes of at least 4 members (excludes halogenated alkanes) is 9. The summed E-state index contributed by atoms with van der Waals surface area (Å²) in [6.45, 7) is 5.03. The van der Waals surface area contributed by atoms with E-state index in [-0.39, 0.29) is 6.79 Å². The van der Waals surface area contributed by atoms with Gasteiger partial charge in [-0.3, -0.25) is 0 Å². The summed E-state index contributed by atoms with van der Waals surface area (Å²) in [4.78, 5) is 0. The van der Waals surface area contributed by atoms with Crippen LogP contribution in [0.5, 0.6) is 0 Å². The van der Waals surface area contributed by atoms with Gasteiger partial charge in [0.05, 0.1) is 6.61 Å². The molecule has 18 heavy (non-hydrogen) atoms. The Hall–Kier alpha value is -0.0800. The Bertz CT molecular complexity index is 148. The molecule has 0 aromatic carbocycles. The second-order valence-electron chi connectivity index (χ2n) is 5.58. The topological polar surface area (TPSA) is 29.5 Å². The lowest BCUT2D eigenvalue weighted by Gasteiger charge is -2.10. The molecule has 0 saturated carbocycles. The molecule has 0 amide bonds. The van der Waals surface area contributed by atoms with Crippen LogP contribution in [-0.2, 0) is 4.74 Å². The molecule has 0 spiro atoms. The van der Waals surface area contributed by atoms with E-state index in [2.05, 4.69) is 13.8 Å². The Labute approximate surface area is 114 Å². The smallest absolute Gasteiger partial charge is 0.143 e. The van der Waals surface area contributed by atoms with Crippen LogP contribution >= 0.6 is 0 Å². The fourth-order valence-corrected chi connectivity index (χ4v) is 2.32. The van der Waals surface area contributed by atoms with Crippen molar-refractivity contribution >= 4 is 0 Å². The first kappa shape index (κ1) is 17.9. The third-order valence-corrected chi connectivity index (χ3v) is 3.54. The van der Waals surface area contributed by atoms with Gasteiger partial charge in [-0.15, -0.1) is 0 Å². The summed E-state index contributed by atoms with van der Waals surface area (Å²) in [5, 5.41) is 8.54. The largest absolute Gasteiger partial charge is 0.371 e. The molecule has 0 aromatic heterocycles. The second kappa shape index (κ2) is 15.0. The van der Waals surface area contributed by atoms with Gasteiger partial charge in [0.25, 0.3) is 0 Å². The number of hydrogen-bond acceptors (Lipinski definition) is 2. The van der Waals surface area contributed by atoms with Gasteiger partial charge in [-0.05, 0) is 12.3 Å². The van der Waals surface area contributed by atoms with Gasteiger partial charge in [0, 0.05) is 0 Å². The molecule has 1 atom stereocenters. The van der Waals surface area contributed by atoms with E-state index in [4.69, 9.17) is 9.84 Å². The first-order valence-electron chi connectivity index (χ1n) is 7.99. The summed E-state index contributed by atoms with van der Waals surface area (Å²) in [7, 11) is 0. The molecular weight excluding hydrogens is 224 g/mol. The minimum absolute atomic E-state index is 0.137. The minimum atomic E-state index is -0.137. The van der Waals surface area contributed by atoms with E-state index in [0.29, 0.717) is 12.5 Å². The Kier molecular flexibility index (Phi) is 14.9. The van der Waals surface area contributed by atoms with Gasteiger partial charge in [0.1, 0.15) is 6.79 Å². The molecule has 0 aliphatic rings. The number of hydrogen-bond donors (Lipinski definition) is 1. The Morgan fingerprint density at radius 1 is 0.833 bits per heavy atom. The lowest BCUT2D eigenvalue weighted by atomic mass is 10.0. The highest BCUT2D eigenvalue weighted by Gasteiger charge is 2.01. The Balaban J connectivity index is 3.02. The maximum atomic E-state index is 8.54. The number of aliphatic hydroxyl groups excluding tert-OH is 1. The number of aliphatic hydroxyl groups is 1. The third kappa shape index (κ3) is 14.0. The molecule has 0 aliphatic heterocycles. The molecule has 0 aliphatic carbocycles. The van der Waals surface area contributed by atoms with Crippen LogP contribution in [0.1, 0.15) is 84.5 Å². The average molecular weight is 258 g/mol. The van der Waals surface area contributed by atoms with Crippen LogP contribution < -0.4 is 0 Å². The monoisotopic (exact) mass is 258 g/mol. The van der Waals surface area contributed by atoms with Crippen LogP contribution in [0.4, 0.5) is 0 Å². The van der Waals surface area contributed by atoms with Crippen LogP contribution in [0.3, 0.4) is 0 Å². The highest BCUT2D eigenvalue weighted by molar-refractivity contribution is 4.53. The van der Waals surface area contributed by atoms with E-state index in [9.17, 15) is 0 Å². The molecular formula is C16H34O2. The summed E-state index contributed by atoms with van der Waals surface area (Å²) < 4.78 is 4.99. The van der Waals surface area contributed by atoms with Crippen molar-refractivity contribution in [3.8, 4) is 0 Å². The number of rotatable bonds is 14. The fourth-order valence-electron chi connectivity index (χ4n) is 2.32. The van der Waals surface area contributed by atoms with Crippen molar-refractivity contribution in [3.63, 3.8) is 0 Å². The molecule has 1 unspecified atom stereocenters. The van der Waals surface area contributed by atoms with E-state index < -0.39 is 0 Å². The van der Waals surface area contributed by atoms with E-state index in [0.717, 1.165) is 0 Å². The molecule has 2 nitrogen and oxygen atoms in total. The number of ether oxygens (including phenoxy) is 1. The van der Waals surface area contributed by atoms with Crippen molar-refractivity contribution in [1.82, 2.24) is 0 Å². The van der Waals surface area contributed by atoms with Gasteiger partial charge in [0.15, 0.2) is 0 Å². The maximum Gasteiger partial charge on any atom is 0.143 e. The molecule has 0 saturated heterocycles. The maximum absolute atomic E-state index is 8.54. The zero-order chi connectivity index (χ0) is 13.5. The van der Waals surface area contributed by atoms with Crippen LogP contribution in [0.25, 0.3) is 0 Å². The van der Waals surface area contributed by atoms with Crippen molar-refractivity contribution in [1.29, 1.82) is 0 Å². The summed E-state index contributed by atoms with van der Waals surface area (Å²) in [5.41, 5.74) is 0. The zero-order valence-corrected chi connectivity index (χ0v) is 12.6. The van der Waals surface area contributed by atoms with Gasteiger partial charge in [-0.2, -0.15) is 0 Å². The van der Waals surface area contributed by atoms with Gasteiger partial charge in [-0.1, -0.05) is 78.1 Å². The first-order valence-corrected chi connectivity index (χ1v) is 7.99. The normalized spacial score (nSPS) is 12.8. The zero-order valence-electron chi connectivity index (χ0n) is 12.6. The Morgan fingerprint density at radius 2 is 1.33 bits per heavy atom. The van der Waals surface area contributed by atoms with Crippen molar-refractivity contribution in [3.05, 3.63) is 0 Å². The van der Waals surface area contributed by atoms with Crippen LogP contribution in [0.2, 0.25) is 0 Å². The SMILES string of the molecule is CCCCCCCCCCCCC(C)COCO. The van der Waals surface area contributed by atoms with E-state index in [1.165, 1.54) is 70.6 Å². The van der Waals surface area contributed by atoms with Gasteiger partial charge < -0.3 is 9.84 Å². The van der Waals surface area contributed by atoms with Gasteiger partial charge in [0.2, 0.25) is 0 Å². The van der Waals surface area contributed by atoms with Crippen LogP contribution in [-0.4, -0.2) is 18.5 Å². The van der Waals surface area contributed by atoms with Gasteiger partial charge in [-0.25, -0.2) is 0 Å². The Morgan fingerprint density at radius 3 is 1.83 bits per heavy atom. The lowest BCUT2D eigenvalue weighted by molar-refractivity contribution is -0.0164. The third-order valence-electron chi connectivity index (χ3n) is 3.54. The van der Waals surface area contributed by atoms with Crippen molar-refractivity contribution < 1.29 is 9.84 Å². The summed E-state index contributed by atoms with van der Waals surface area (Å²) >= 11 is 0. The highest BCUT2D eigenvalue weighted by Crippen LogP contribution is 2.13. The van der Waals surface area contributed by atoms with Crippen LogP contribution in [0.15, 0.2) is 0 Å². The van der Waals surface area contributed by atoms with E-state index in [1.807, 2.05) is 0 Å². The van der Waals surface area contributed by atoms with Crippen molar-refractivity contribution in [2.24, 2.45) is 5.92 Å². The molecule has 0 heterocycles. The molecule has 1 N–H and O–H groups in total. The summed E-state index contributed by atoms with van der Waals surface area (Å²) in [5.74, 6) is 0.589. The highest BCUT2D eigenvalue weighted by atomic mass is 16.6. The lowest BCUT2D eigenvalue weighted by Crippen LogP contribution is -2.06. The summed E-state index contributed by atoms with van der Waals surface area (Å²) in [6, 6.07) is 0. The van der Waals surface area contributed by atoms with E-state index >= 15 is 0 Å². The van der Waals surface area contributed by atoms with Crippen LogP contribution in [0, 0.1) is 5.92 Å². The quantitative estimate of drug-likeness (QED) is 0.355. The predicted octanol–water partition coefficient (Wildman–Crippen LogP) is 4.90. The molecule has 110 valence electrons. The molecule has 0 bridgehead atoms. The molecule has 0 rings (SSSR count).